The quantitative estimate of drug-likeness (QED) is 0.552. The molecule has 0 aliphatic carbocycles. The highest BCUT2D eigenvalue weighted by Gasteiger charge is 2.01. The maximum Gasteiger partial charge on any atom is 0.254 e. The van der Waals surface area contributed by atoms with Gasteiger partial charge >= 0.3 is 0 Å². The molecule has 0 aliphatic rings. The third-order valence-electron chi connectivity index (χ3n) is 0.678. The van der Waals surface area contributed by atoms with Crippen LogP contribution < -0.4 is 5.48 Å². The Morgan fingerprint density at radius 3 is 3.11 bits per heavy atom. The van der Waals surface area contributed by atoms with E-state index >= 15 is 0 Å². The van der Waals surface area contributed by atoms with E-state index < -0.39 is 5.91 Å². The van der Waals surface area contributed by atoms with E-state index in [2.05, 4.69) is 9.59 Å². The Hall–Kier alpha value is -1.01. The summed E-state index contributed by atoms with van der Waals surface area (Å²) in [7, 11) is 0. The zero-order valence-corrected chi connectivity index (χ0v) is 5.01. The molecular formula is C3H2N3O2S-. The van der Waals surface area contributed by atoms with Gasteiger partial charge in [-0.3, -0.25) is 4.79 Å². The van der Waals surface area contributed by atoms with Gasteiger partial charge in [-0.2, -0.15) is 0 Å². The smallest absolute Gasteiger partial charge is 0.254 e. The molecule has 1 rings (SSSR count). The van der Waals surface area contributed by atoms with Crippen molar-refractivity contribution < 1.29 is 4.79 Å². The Labute approximate surface area is 54.4 Å². The van der Waals surface area contributed by atoms with Gasteiger partial charge in [0.1, 0.15) is 4.88 Å². The molecule has 1 heterocycles. The molecule has 0 aliphatic heterocycles. The van der Waals surface area contributed by atoms with Crippen molar-refractivity contribution in [3.63, 3.8) is 0 Å². The molecule has 0 atom stereocenters. The topological polar surface area (TPSA) is 77.9 Å². The Morgan fingerprint density at radius 1 is 1.89 bits per heavy atom. The van der Waals surface area contributed by atoms with Crippen LogP contribution in [0.3, 0.4) is 0 Å². The molecule has 1 amide bonds. The van der Waals surface area contributed by atoms with Gasteiger partial charge in [0.2, 0.25) is 0 Å². The van der Waals surface area contributed by atoms with Crippen molar-refractivity contribution in [3.8, 4) is 0 Å². The van der Waals surface area contributed by atoms with E-state index in [1.54, 1.807) is 0 Å². The Bertz CT molecular complexity index is 197. The molecule has 6 heteroatoms. The average molecular weight is 144 g/mol. The van der Waals surface area contributed by atoms with Crippen LogP contribution in [0, 0.1) is 5.21 Å². The fraction of sp³-hybridized carbons (Fsp3) is 0. The fourth-order valence-corrected chi connectivity index (χ4v) is 0.719. The lowest BCUT2D eigenvalue weighted by Gasteiger charge is -2.01. The van der Waals surface area contributed by atoms with E-state index in [4.69, 9.17) is 0 Å². The van der Waals surface area contributed by atoms with Crippen molar-refractivity contribution in [1.82, 2.24) is 15.1 Å². The number of nitrogens with one attached hydrogen (secondary N) is 1. The number of nitrogens with zero attached hydrogens (tertiary/aromatic N) is 2. The number of hydroxylamine groups is 1. The lowest BCUT2D eigenvalue weighted by Crippen LogP contribution is -2.13. The highest BCUT2D eigenvalue weighted by atomic mass is 32.1. The summed E-state index contributed by atoms with van der Waals surface area (Å²) < 4.78 is 3.38. The van der Waals surface area contributed by atoms with Crippen LogP contribution in [-0.4, -0.2) is 15.5 Å². The Morgan fingerprint density at radius 2 is 2.67 bits per heavy atom. The lowest BCUT2D eigenvalue weighted by molar-refractivity contribution is 0.0974. The van der Waals surface area contributed by atoms with Gasteiger partial charge in [0, 0.05) is 0 Å². The first-order valence-electron chi connectivity index (χ1n) is 2.04. The largest absolute Gasteiger partial charge is 0.759 e. The molecular weight excluding hydrogens is 142 g/mol. The second-order valence-electron chi connectivity index (χ2n) is 1.21. The molecule has 9 heavy (non-hydrogen) atoms. The number of aromatic nitrogens is 2. The Balaban J connectivity index is 2.77. The normalized spacial score (nSPS) is 9.00. The molecule has 1 N–H and O–H groups in total. The molecule has 1 aromatic heterocycles. The molecule has 0 saturated carbocycles. The van der Waals surface area contributed by atoms with Gasteiger partial charge in [-0.25, -0.2) is 0 Å². The van der Waals surface area contributed by atoms with Crippen molar-refractivity contribution in [2.24, 2.45) is 0 Å². The maximum atomic E-state index is 10.4. The number of hydrogen-bond donors (Lipinski definition) is 1. The predicted molar refractivity (Wildman–Crippen MR) is 30.7 cm³/mol. The minimum atomic E-state index is -0.690. The van der Waals surface area contributed by atoms with Gasteiger partial charge in [0.15, 0.2) is 0 Å². The first-order chi connectivity index (χ1) is 4.34. The molecule has 1 aromatic rings. The number of amides is 1. The molecule has 5 nitrogen and oxygen atoms in total. The predicted octanol–water partition coefficient (Wildman–Crippen LogP) is -0.234. The second kappa shape index (κ2) is 2.51. The standard InChI is InChI=1S/C3H2N3O2S/c7-3(5-8)2-1-4-6-9-2/h1H,(H-,4,5,6,7,8)/q-1. The summed E-state index contributed by atoms with van der Waals surface area (Å²) in [6.45, 7) is 0. The van der Waals surface area contributed by atoms with Gasteiger partial charge in [0.05, 0.1) is 6.20 Å². The van der Waals surface area contributed by atoms with Crippen LogP contribution in [0.25, 0.3) is 0 Å². The highest BCUT2D eigenvalue weighted by Crippen LogP contribution is 1.99. The summed E-state index contributed by atoms with van der Waals surface area (Å²) in [6.07, 6.45) is 1.23. The summed E-state index contributed by atoms with van der Waals surface area (Å²) >= 11 is 0.882. The fourth-order valence-electron chi connectivity index (χ4n) is 0.318. The summed E-state index contributed by atoms with van der Waals surface area (Å²) in [4.78, 5) is 10.6. The van der Waals surface area contributed by atoms with E-state index in [-0.39, 0.29) is 4.88 Å². The van der Waals surface area contributed by atoms with Gasteiger partial charge in [-0.15, -0.1) is 5.10 Å². The summed E-state index contributed by atoms with van der Waals surface area (Å²) in [5.74, 6) is -0.690. The van der Waals surface area contributed by atoms with Crippen LogP contribution in [0.2, 0.25) is 0 Å². The first-order valence-corrected chi connectivity index (χ1v) is 2.82. The number of rotatable bonds is 1. The van der Waals surface area contributed by atoms with Crippen LogP contribution in [0.1, 0.15) is 9.67 Å². The second-order valence-corrected chi connectivity index (χ2v) is 2.00. The average Bonchev–Trinajstić information content (AvgIpc) is 2.37. The number of carbonyl (C=O) groups excluding carboxylic acids is 1. The van der Waals surface area contributed by atoms with E-state index in [1.165, 1.54) is 11.7 Å². The van der Waals surface area contributed by atoms with E-state index in [9.17, 15) is 10.0 Å². The zero-order valence-electron chi connectivity index (χ0n) is 4.20. The summed E-state index contributed by atoms with van der Waals surface area (Å²) in [5, 5.41) is 13.0. The monoisotopic (exact) mass is 144 g/mol. The van der Waals surface area contributed by atoms with Crippen molar-refractivity contribution in [3.05, 3.63) is 16.3 Å². The van der Waals surface area contributed by atoms with Gasteiger partial charge in [0.25, 0.3) is 5.91 Å². The molecule has 48 valence electrons. The molecule has 0 spiro atoms. The SMILES string of the molecule is O=C(N[O-])c1cnns1. The third-order valence-corrected chi connectivity index (χ3v) is 1.34. The Kier molecular flexibility index (Phi) is 1.71. The van der Waals surface area contributed by atoms with Crippen molar-refractivity contribution in [2.45, 2.75) is 0 Å². The minimum Gasteiger partial charge on any atom is -0.759 e. The van der Waals surface area contributed by atoms with Crippen LogP contribution in [0.4, 0.5) is 0 Å². The van der Waals surface area contributed by atoms with Crippen LogP contribution in [0.15, 0.2) is 6.20 Å². The first kappa shape index (κ1) is 6.12. The summed E-state index contributed by atoms with van der Waals surface area (Å²) in [6, 6.07) is 0. The van der Waals surface area contributed by atoms with Gasteiger partial charge < -0.3 is 10.7 Å². The number of hydrogen-bond acceptors (Lipinski definition) is 5. The highest BCUT2D eigenvalue weighted by molar-refractivity contribution is 7.07. The van der Waals surface area contributed by atoms with E-state index in [1.807, 2.05) is 0 Å². The summed E-state index contributed by atoms with van der Waals surface area (Å²) in [5.41, 5.74) is 1.21. The number of carbonyl (C=O) groups is 1. The molecule has 0 aromatic carbocycles. The maximum absolute atomic E-state index is 10.4. The van der Waals surface area contributed by atoms with Crippen LogP contribution in [-0.2, 0) is 0 Å². The van der Waals surface area contributed by atoms with Crippen molar-refractivity contribution >= 4 is 17.4 Å². The van der Waals surface area contributed by atoms with E-state index in [0.717, 1.165) is 11.5 Å². The van der Waals surface area contributed by atoms with Gasteiger partial charge in [-0.05, 0) is 11.5 Å². The van der Waals surface area contributed by atoms with Crippen molar-refractivity contribution in [1.29, 1.82) is 0 Å². The van der Waals surface area contributed by atoms with Crippen molar-refractivity contribution in [2.75, 3.05) is 0 Å². The third kappa shape index (κ3) is 1.21. The van der Waals surface area contributed by atoms with Crippen LogP contribution in [0.5, 0.6) is 0 Å². The molecule has 0 unspecified atom stereocenters. The van der Waals surface area contributed by atoms with Crippen LogP contribution >= 0.6 is 11.5 Å². The minimum absolute atomic E-state index is 0.227. The lowest BCUT2D eigenvalue weighted by atomic mass is 10.5. The van der Waals surface area contributed by atoms with Gasteiger partial charge in [-0.1, -0.05) is 4.49 Å². The zero-order chi connectivity index (χ0) is 6.69. The molecule has 0 bridgehead atoms. The van der Waals surface area contributed by atoms with E-state index in [0.29, 0.717) is 0 Å². The molecule has 0 saturated heterocycles. The molecule has 0 fully saturated rings. The molecule has 0 radical (unpaired) electrons.